The van der Waals surface area contributed by atoms with Crippen molar-refractivity contribution in [3.8, 4) is 5.75 Å². The topological polar surface area (TPSA) is 58.6 Å². The summed E-state index contributed by atoms with van der Waals surface area (Å²) in [6.45, 7) is 3.87. The fourth-order valence-electron chi connectivity index (χ4n) is 1.88. The third kappa shape index (κ3) is 4.33. The highest BCUT2D eigenvalue weighted by Gasteiger charge is 2.08. The number of ether oxygens (including phenoxy) is 1. The van der Waals surface area contributed by atoms with Crippen LogP contribution in [0.15, 0.2) is 48.5 Å². The van der Waals surface area contributed by atoms with Crippen LogP contribution in [0.2, 0.25) is 0 Å². The van der Waals surface area contributed by atoms with Crippen LogP contribution < -0.4 is 10.1 Å². The van der Waals surface area contributed by atoms with E-state index >= 15 is 0 Å². The Kier molecular flexibility index (Phi) is 4.95. The van der Waals surface area contributed by atoms with Gasteiger partial charge in [0.25, 0.3) is 5.91 Å². The number of anilines is 1. The molecule has 110 valence electrons. The molecule has 4 nitrogen and oxygen atoms in total. The second-order valence-electron chi connectivity index (χ2n) is 5.00. The highest BCUT2D eigenvalue weighted by Crippen LogP contribution is 2.17. The summed E-state index contributed by atoms with van der Waals surface area (Å²) in [6.07, 6.45) is 0.0642. The van der Waals surface area contributed by atoms with Gasteiger partial charge in [0.05, 0.1) is 12.7 Å². The Balaban J connectivity index is 2.08. The lowest BCUT2D eigenvalue weighted by atomic mass is 10.2. The highest BCUT2D eigenvalue weighted by atomic mass is 16.5. The van der Waals surface area contributed by atoms with E-state index in [4.69, 9.17) is 9.84 Å². The van der Waals surface area contributed by atoms with E-state index in [2.05, 4.69) is 5.32 Å². The van der Waals surface area contributed by atoms with Gasteiger partial charge in [-0.2, -0.15) is 0 Å². The Morgan fingerprint density at radius 3 is 2.52 bits per heavy atom. The van der Waals surface area contributed by atoms with Crippen LogP contribution in [0.1, 0.15) is 29.8 Å². The fourth-order valence-corrected chi connectivity index (χ4v) is 1.88. The fraction of sp³-hybridized carbons (Fsp3) is 0.235. The van der Waals surface area contributed by atoms with Gasteiger partial charge in [-0.25, -0.2) is 0 Å². The predicted molar refractivity (Wildman–Crippen MR) is 82.5 cm³/mol. The van der Waals surface area contributed by atoms with Crippen molar-refractivity contribution in [1.82, 2.24) is 0 Å². The molecule has 0 aliphatic heterocycles. The zero-order valence-electron chi connectivity index (χ0n) is 12.2. The third-order valence-electron chi connectivity index (χ3n) is 2.86. The van der Waals surface area contributed by atoms with Gasteiger partial charge in [-0.3, -0.25) is 4.79 Å². The second-order valence-corrected chi connectivity index (χ2v) is 5.00. The molecule has 2 aromatic carbocycles. The Hall–Kier alpha value is -2.33. The first-order chi connectivity index (χ1) is 10.1. The van der Waals surface area contributed by atoms with Crippen molar-refractivity contribution in [2.24, 2.45) is 0 Å². The van der Waals surface area contributed by atoms with E-state index in [1.54, 1.807) is 42.5 Å². The lowest BCUT2D eigenvalue weighted by Crippen LogP contribution is -2.12. The molecule has 0 saturated carbocycles. The highest BCUT2D eigenvalue weighted by molar-refractivity contribution is 6.04. The van der Waals surface area contributed by atoms with Crippen LogP contribution in [0.3, 0.4) is 0 Å². The Morgan fingerprint density at radius 2 is 1.90 bits per heavy atom. The van der Waals surface area contributed by atoms with Gasteiger partial charge in [-0.1, -0.05) is 18.2 Å². The van der Waals surface area contributed by atoms with Crippen molar-refractivity contribution in [1.29, 1.82) is 0 Å². The molecule has 2 N–H and O–H groups in total. The van der Waals surface area contributed by atoms with Crippen molar-refractivity contribution in [2.45, 2.75) is 26.6 Å². The van der Waals surface area contributed by atoms with Crippen LogP contribution in [-0.2, 0) is 6.61 Å². The first-order valence-electron chi connectivity index (χ1n) is 6.86. The summed E-state index contributed by atoms with van der Waals surface area (Å²) in [7, 11) is 0. The molecule has 1 amide bonds. The molecule has 2 rings (SSSR count). The smallest absolute Gasteiger partial charge is 0.255 e. The van der Waals surface area contributed by atoms with E-state index in [9.17, 15) is 4.79 Å². The lowest BCUT2D eigenvalue weighted by molar-refractivity contribution is 0.102. The molecule has 0 saturated heterocycles. The summed E-state index contributed by atoms with van der Waals surface area (Å²) in [6, 6.07) is 14.1. The Bertz CT molecular complexity index is 606. The van der Waals surface area contributed by atoms with Crippen LogP contribution in [0.25, 0.3) is 0 Å². The SMILES string of the molecule is CC(C)Oc1cccc(C(=O)Nc2ccc(CO)cc2)c1. The molecule has 0 fully saturated rings. The van der Waals surface area contributed by atoms with Gasteiger partial charge < -0.3 is 15.2 Å². The predicted octanol–water partition coefficient (Wildman–Crippen LogP) is 3.22. The number of carbonyl (C=O) groups excluding carboxylic acids is 1. The summed E-state index contributed by atoms with van der Waals surface area (Å²) < 4.78 is 5.58. The molecule has 0 aromatic heterocycles. The van der Waals surface area contributed by atoms with E-state index < -0.39 is 0 Å². The first kappa shape index (κ1) is 15.1. The largest absolute Gasteiger partial charge is 0.491 e. The number of aliphatic hydroxyl groups excluding tert-OH is 1. The molecule has 0 spiro atoms. The quantitative estimate of drug-likeness (QED) is 0.886. The van der Waals surface area contributed by atoms with Crippen LogP contribution in [0, 0.1) is 0 Å². The molecule has 0 unspecified atom stereocenters. The Labute approximate surface area is 124 Å². The van der Waals surface area contributed by atoms with Crippen molar-refractivity contribution < 1.29 is 14.6 Å². The zero-order valence-corrected chi connectivity index (χ0v) is 12.2. The molecule has 0 bridgehead atoms. The zero-order chi connectivity index (χ0) is 15.2. The van der Waals surface area contributed by atoms with Gasteiger partial charge in [-0.05, 0) is 49.7 Å². The summed E-state index contributed by atoms with van der Waals surface area (Å²) in [5, 5.41) is 11.8. The van der Waals surface area contributed by atoms with Gasteiger partial charge in [0.2, 0.25) is 0 Å². The maximum atomic E-state index is 12.2. The monoisotopic (exact) mass is 285 g/mol. The second kappa shape index (κ2) is 6.90. The number of hydrogen-bond donors (Lipinski definition) is 2. The van der Waals surface area contributed by atoms with Gasteiger partial charge in [0.1, 0.15) is 5.75 Å². The molecule has 4 heteroatoms. The van der Waals surface area contributed by atoms with Gasteiger partial charge >= 0.3 is 0 Å². The van der Waals surface area contributed by atoms with E-state index in [-0.39, 0.29) is 18.6 Å². The van der Waals surface area contributed by atoms with Crippen LogP contribution in [0.5, 0.6) is 5.75 Å². The summed E-state index contributed by atoms with van der Waals surface area (Å²) in [5.74, 6) is 0.481. The number of benzene rings is 2. The molecular formula is C17H19NO3. The summed E-state index contributed by atoms with van der Waals surface area (Å²) >= 11 is 0. The summed E-state index contributed by atoms with van der Waals surface area (Å²) in [4.78, 5) is 12.2. The molecule has 0 radical (unpaired) electrons. The normalized spacial score (nSPS) is 10.5. The molecule has 2 aromatic rings. The van der Waals surface area contributed by atoms with E-state index in [1.807, 2.05) is 19.9 Å². The molecule has 0 aliphatic rings. The Morgan fingerprint density at radius 1 is 1.19 bits per heavy atom. The van der Waals surface area contributed by atoms with Crippen LogP contribution in [0.4, 0.5) is 5.69 Å². The van der Waals surface area contributed by atoms with Crippen molar-refractivity contribution in [3.63, 3.8) is 0 Å². The van der Waals surface area contributed by atoms with Gasteiger partial charge in [0, 0.05) is 11.3 Å². The maximum Gasteiger partial charge on any atom is 0.255 e. The molecule has 21 heavy (non-hydrogen) atoms. The maximum absolute atomic E-state index is 12.2. The molecular weight excluding hydrogens is 266 g/mol. The lowest BCUT2D eigenvalue weighted by Gasteiger charge is -2.11. The number of amides is 1. The minimum Gasteiger partial charge on any atom is -0.491 e. The average Bonchev–Trinajstić information content (AvgIpc) is 2.47. The van der Waals surface area contributed by atoms with E-state index in [0.717, 1.165) is 5.56 Å². The standard InChI is InChI=1S/C17H19NO3/c1-12(2)21-16-5-3-4-14(10-16)17(20)18-15-8-6-13(11-19)7-9-15/h3-10,12,19H,11H2,1-2H3,(H,18,20). The number of rotatable bonds is 5. The van der Waals surface area contributed by atoms with Crippen molar-refractivity contribution >= 4 is 11.6 Å². The number of nitrogens with one attached hydrogen (secondary N) is 1. The van der Waals surface area contributed by atoms with Crippen LogP contribution >= 0.6 is 0 Å². The molecule has 0 heterocycles. The van der Waals surface area contributed by atoms with Crippen molar-refractivity contribution in [2.75, 3.05) is 5.32 Å². The van der Waals surface area contributed by atoms with Crippen molar-refractivity contribution in [3.05, 3.63) is 59.7 Å². The number of carbonyl (C=O) groups is 1. The van der Waals surface area contributed by atoms with Gasteiger partial charge in [-0.15, -0.1) is 0 Å². The number of aliphatic hydroxyl groups is 1. The van der Waals surface area contributed by atoms with Crippen LogP contribution in [-0.4, -0.2) is 17.1 Å². The number of hydrogen-bond acceptors (Lipinski definition) is 3. The third-order valence-corrected chi connectivity index (χ3v) is 2.86. The molecule has 0 atom stereocenters. The van der Waals surface area contributed by atoms with Gasteiger partial charge in [0.15, 0.2) is 0 Å². The minimum absolute atomic E-state index is 0.0111. The first-order valence-corrected chi connectivity index (χ1v) is 6.86. The van der Waals surface area contributed by atoms with E-state index in [0.29, 0.717) is 17.0 Å². The summed E-state index contributed by atoms with van der Waals surface area (Å²) in [5.41, 5.74) is 2.03. The average molecular weight is 285 g/mol. The minimum atomic E-state index is -0.194. The molecule has 0 aliphatic carbocycles. The van der Waals surface area contributed by atoms with E-state index in [1.165, 1.54) is 0 Å².